The Bertz CT molecular complexity index is 669. The molecule has 0 unspecified atom stereocenters. The van der Waals surface area contributed by atoms with Crippen molar-refractivity contribution in [2.24, 2.45) is 12.8 Å². The summed E-state index contributed by atoms with van der Waals surface area (Å²) in [7, 11) is 5.50. The van der Waals surface area contributed by atoms with Gasteiger partial charge in [0.25, 0.3) is 0 Å². The highest BCUT2D eigenvalue weighted by Crippen LogP contribution is 2.54. The fourth-order valence-corrected chi connectivity index (χ4v) is 3.34. The van der Waals surface area contributed by atoms with E-state index in [0.717, 1.165) is 35.2 Å². The van der Waals surface area contributed by atoms with Crippen LogP contribution in [0.25, 0.3) is 10.9 Å². The number of methoxy groups -OCH3 is 2. The van der Waals surface area contributed by atoms with Gasteiger partial charge in [-0.1, -0.05) is 0 Å². The molecule has 0 spiro atoms. The Kier molecular flexibility index (Phi) is 2.94. The van der Waals surface area contributed by atoms with Crippen molar-refractivity contribution in [2.75, 3.05) is 20.8 Å². The fraction of sp³-hybridized carbons (Fsp3) is 0.500. The average molecular weight is 274 g/mol. The molecule has 2 aromatic rings. The van der Waals surface area contributed by atoms with Gasteiger partial charge in [-0.25, -0.2) is 0 Å². The lowest BCUT2D eigenvalue weighted by Crippen LogP contribution is -2.20. The second-order valence-corrected chi connectivity index (χ2v) is 5.70. The first kappa shape index (κ1) is 13.3. The average Bonchev–Trinajstić information content (AvgIpc) is 3.22. The predicted molar refractivity (Wildman–Crippen MR) is 80.7 cm³/mol. The molecule has 1 aromatic heterocycles. The van der Waals surface area contributed by atoms with Crippen LogP contribution in [0.5, 0.6) is 11.5 Å². The summed E-state index contributed by atoms with van der Waals surface area (Å²) in [4.78, 5) is 0. The number of ether oxygens (including phenoxy) is 2. The molecule has 1 saturated carbocycles. The van der Waals surface area contributed by atoms with Crippen LogP contribution in [0.4, 0.5) is 0 Å². The molecule has 1 aliphatic carbocycles. The molecule has 4 nitrogen and oxygen atoms in total. The highest BCUT2D eigenvalue weighted by molar-refractivity contribution is 5.96. The number of benzene rings is 1. The standard InChI is InChI=1S/C16H22N2O2/c1-10-14(16(9-17)7-8-16)13-11(19-3)5-6-12(20-4)15(13)18(10)2/h5-6H,7-9,17H2,1-4H3. The van der Waals surface area contributed by atoms with Crippen molar-refractivity contribution in [3.05, 3.63) is 23.4 Å². The monoisotopic (exact) mass is 274 g/mol. The molecule has 108 valence electrons. The second kappa shape index (κ2) is 4.42. The fourth-order valence-electron chi connectivity index (χ4n) is 3.34. The van der Waals surface area contributed by atoms with Crippen molar-refractivity contribution < 1.29 is 9.47 Å². The van der Waals surface area contributed by atoms with E-state index in [-0.39, 0.29) is 5.41 Å². The zero-order valence-electron chi connectivity index (χ0n) is 12.6. The van der Waals surface area contributed by atoms with E-state index in [0.29, 0.717) is 6.54 Å². The van der Waals surface area contributed by atoms with E-state index in [2.05, 4.69) is 18.5 Å². The van der Waals surface area contributed by atoms with Gasteiger partial charge in [0.05, 0.1) is 19.7 Å². The van der Waals surface area contributed by atoms with Crippen molar-refractivity contribution in [1.82, 2.24) is 4.57 Å². The minimum atomic E-state index is 0.128. The molecule has 20 heavy (non-hydrogen) atoms. The first-order valence-corrected chi connectivity index (χ1v) is 7.00. The molecular weight excluding hydrogens is 252 g/mol. The van der Waals surface area contributed by atoms with E-state index in [1.807, 2.05) is 12.1 Å². The first-order valence-electron chi connectivity index (χ1n) is 7.00. The Morgan fingerprint density at radius 3 is 2.30 bits per heavy atom. The van der Waals surface area contributed by atoms with E-state index in [4.69, 9.17) is 15.2 Å². The molecule has 0 radical (unpaired) electrons. The zero-order valence-corrected chi connectivity index (χ0v) is 12.6. The molecule has 0 atom stereocenters. The molecule has 1 aliphatic rings. The van der Waals surface area contributed by atoms with Gasteiger partial charge in [-0.05, 0) is 37.5 Å². The number of aromatic nitrogens is 1. The van der Waals surface area contributed by atoms with Crippen LogP contribution in [0.1, 0.15) is 24.1 Å². The second-order valence-electron chi connectivity index (χ2n) is 5.70. The van der Waals surface area contributed by atoms with Crippen LogP contribution in [0, 0.1) is 6.92 Å². The van der Waals surface area contributed by atoms with Crippen LogP contribution >= 0.6 is 0 Å². The third kappa shape index (κ3) is 1.57. The maximum absolute atomic E-state index is 6.05. The van der Waals surface area contributed by atoms with Gasteiger partial charge in [0, 0.05) is 30.1 Å². The van der Waals surface area contributed by atoms with Crippen LogP contribution in [0.2, 0.25) is 0 Å². The van der Waals surface area contributed by atoms with E-state index in [1.165, 1.54) is 11.3 Å². The summed E-state index contributed by atoms with van der Waals surface area (Å²) in [5, 5.41) is 1.16. The molecule has 0 saturated heterocycles. The van der Waals surface area contributed by atoms with Crippen LogP contribution < -0.4 is 15.2 Å². The largest absolute Gasteiger partial charge is 0.496 e. The van der Waals surface area contributed by atoms with Crippen molar-refractivity contribution in [3.8, 4) is 11.5 Å². The lowest BCUT2D eigenvalue weighted by molar-refractivity contribution is 0.409. The van der Waals surface area contributed by atoms with Gasteiger partial charge in [0.15, 0.2) is 0 Å². The molecule has 1 heterocycles. The number of rotatable bonds is 4. The normalized spacial score (nSPS) is 16.4. The third-order valence-electron chi connectivity index (χ3n) is 4.77. The maximum atomic E-state index is 6.05. The van der Waals surface area contributed by atoms with Crippen LogP contribution in [0.15, 0.2) is 12.1 Å². The lowest BCUT2D eigenvalue weighted by Gasteiger charge is -2.15. The summed E-state index contributed by atoms with van der Waals surface area (Å²) >= 11 is 0. The molecule has 1 aromatic carbocycles. The number of aryl methyl sites for hydroxylation is 1. The molecule has 3 rings (SSSR count). The van der Waals surface area contributed by atoms with Gasteiger partial charge in [-0.15, -0.1) is 0 Å². The Hall–Kier alpha value is -1.68. The smallest absolute Gasteiger partial charge is 0.143 e. The van der Waals surface area contributed by atoms with Crippen molar-refractivity contribution in [3.63, 3.8) is 0 Å². The lowest BCUT2D eigenvalue weighted by atomic mass is 9.92. The molecule has 2 N–H and O–H groups in total. The first-order chi connectivity index (χ1) is 9.59. The summed E-state index contributed by atoms with van der Waals surface area (Å²) in [6.45, 7) is 2.84. The summed E-state index contributed by atoms with van der Waals surface area (Å²) in [5.74, 6) is 1.78. The number of hydrogen-bond acceptors (Lipinski definition) is 3. The molecule has 0 amide bonds. The van der Waals surface area contributed by atoms with Crippen LogP contribution in [-0.2, 0) is 12.5 Å². The molecule has 4 heteroatoms. The summed E-state index contributed by atoms with van der Waals surface area (Å²) in [5.41, 5.74) is 9.87. The zero-order chi connectivity index (χ0) is 14.5. The van der Waals surface area contributed by atoms with Gasteiger partial charge in [0.2, 0.25) is 0 Å². The summed E-state index contributed by atoms with van der Waals surface area (Å²) < 4.78 is 13.3. The Labute approximate surface area is 119 Å². The molecule has 1 fully saturated rings. The number of hydrogen-bond donors (Lipinski definition) is 1. The van der Waals surface area contributed by atoms with Crippen molar-refractivity contribution >= 4 is 10.9 Å². The molecular formula is C16H22N2O2. The van der Waals surface area contributed by atoms with Gasteiger partial charge < -0.3 is 19.8 Å². The van der Waals surface area contributed by atoms with Gasteiger partial charge in [0.1, 0.15) is 11.5 Å². The third-order valence-corrected chi connectivity index (χ3v) is 4.77. The Morgan fingerprint density at radius 1 is 1.20 bits per heavy atom. The SMILES string of the molecule is COc1ccc(OC)c2c1c(C1(CN)CC1)c(C)n2C. The van der Waals surface area contributed by atoms with Gasteiger partial charge >= 0.3 is 0 Å². The van der Waals surface area contributed by atoms with Crippen LogP contribution in [-0.4, -0.2) is 25.3 Å². The number of nitrogens with zero attached hydrogens (tertiary/aromatic N) is 1. The molecule has 0 aliphatic heterocycles. The van der Waals surface area contributed by atoms with Gasteiger partial charge in [-0.2, -0.15) is 0 Å². The highest BCUT2D eigenvalue weighted by Gasteiger charge is 2.46. The Balaban J connectivity index is 2.43. The maximum Gasteiger partial charge on any atom is 0.143 e. The highest BCUT2D eigenvalue weighted by atomic mass is 16.5. The van der Waals surface area contributed by atoms with E-state index >= 15 is 0 Å². The minimum absolute atomic E-state index is 0.128. The quantitative estimate of drug-likeness (QED) is 0.932. The number of fused-ring (bicyclic) bond motifs is 1. The van der Waals surface area contributed by atoms with Crippen LogP contribution in [0.3, 0.4) is 0 Å². The predicted octanol–water partition coefficient (Wildman–Crippen LogP) is 2.49. The van der Waals surface area contributed by atoms with Crippen molar-refractivity contribution in [1.29, 1.82) is 0 Å². The minimum Gasteiger partial charge on any atom is -0.496 e. The van der Waals surface area contributed by atoms with E-state index in [1.54, 1.807) is 14.2 Å². The van der Waals surface area contributed by atoms with Gasteiger partial charge in [-0.3, -0.25) is 0 Å². The Morgan fingerprint density at radius 2 is 1.80 bits per heavy atom. The van der Waals surface area contributed by atoms with Crippen molar-refractivity contribution in [2.45, 2.75) is 25.2 Å². The topological polar surface area (TPSA) is 49.4 Å². The summed E-state index contributed by atoms with van der Waals surface area (Å²) in [6, 6.07) is 3.95. The number of nitrogens with two attached hydrogens (primary N) is 1. The summed E-state index contributed by atoms with van der Waals surface area (Å²) in [6.07, 6.45) is 2.31. The van der Waals surface area contributed by atoms with E-state index in [9.17, 15) is 0 Å². The molecule has 0 bridgehead atoms. The van der Waals surface area contributed by atoms with E-state index < -0.39 is 0 Å².